The fourth-order valence-corrected chi connectivity index (χ4v) is 3.83. The molecule has 1 aromatic heterocycles. The predicted octanol–water partition coefficient (Wildman–Crippen LogP) is 1.98. The van der Waals surface area contributed by atoms with Gasteiger partial charge in [-0.1, -0.05) is 6.92 Å². The van der Waals surface area contributed by atoms with Crippen molar-refractivity contribution in [3.63, 3.8) is 0 Å². The molecule has 1 aromatic rings. The SMILES string of the molecule is CCS(=O)(=O)C[C@@H](C)NCc1ccnc(N2CCCCC2)c1. The first kappa shape index (κ1) is 17.2. The van der Waals surface area contributed by atoms with E-state index in [1.165, 1.54) is 19.3 Å². The average Bonchev–Trinajstić information content (AvgIpc) is 2.54. The molecule has 2 heterocycles. The maximum atomic E-state index is 11.6. The lowest BCUT2D eigenvalue weighted by Crippen LogP contribution is -2.33. The van der Waals surface area contributed by atoms with Gasteiger partial charge < -0.3 is 10.2 Å². The van der Waals surface area contributed by atoms with Crippen molar-refractivity contribution in [2.75, 3.05) is 29.5 Å². The van der Waals surface area contributed by atoms with Gasteiger partial charge in [0.25, 0.3) is 0 Å². The number of anilines is 1. The molecule has 0 aliphatic carbocycles. The van der Waals surface area contributed by atoms with E-state index < -0.39 is 9.84 Å². The molecule has 5 nitrogen and oxygen atoms in total. The number of aromatic nitrogens is 1. The minimum Gasteiger partial charge on any atom is -0.357 e. The van der Waals surface area contributed by atoms with Crippen LogP contribution in [0.2, 0.25) is 0 Å². The van der Waals surface area contributed by atoms with Crippen LogP contribution in [0.25, 0.3) is 0 Å². The number of rotatable bonds is 7. The molecule has 0 spiro atoms. The number of pyridine rings is 1. The summed E-state index contributed by atoms with van der Waals surface area (Å²) in [6.07, 6.45) is 5.61. The van der Waals surface area contributed by atoms with E-state index in [9.17, 15) is 8.42 Å². The Kier molecular flexibility index (Phi) is 6.20. The average molecular weight is 325 g/mol. The molecule has 124 valence electrons. The molecule has 1 aliphatic rings. The zero-order valence-electron chi connectivity index (χ0n) is 13.6. The van der Waals surface area contributed by atoms with Gasteiger partial charge >= 0.3 is 0 Å². The molecule has 1 N–H and O–H groups in total. The maximum absolute atomic E-state index is 11.6. The van der Waals surface area contributed by atoms with Crippen LogP contribution in [0.15, 0.2) is 18.3 Å². The van der Waals surface area contributed by atoms with Crippen LogP contribution < -0.4 is 10.2 Å². The molecule has 0 aromatic carbocycles. The smallest absolute Gasteiger partial charge is 0.151 e. The van der Waals surface area contributed by atoms with E-state index in [4.69, 9.17) is 0 Å². The van der Waals surface area contributed by atoms with Crippen LogP contribution in [0.1, 0.15) is 38.7 Å². The lowest BCUT2D eigenvalue weighted by atomic mass is 10.1. The molecule has 0 saturated carbocycles. The highest BCUT2D eigenvalue weighted by Crippen LogP contribution is 2.18. The Morgan fingerprint density at radius 3 is 2.73 bits per heavy atom. The lowest BCUT2D eigenvalue weighted by molar-refractivity contribution is 0.556. The first-order chi connectivity index (χ1) is 10.5. The van der Waals surface area contributed by atoms with Crippen LogP contribution in [0, 0.1) is 0 Å². The van der Waals surface area contributed by atoms with Crippen molar-refractivity contribution in [3.05, 3.63) is 23.9 Å². The van der Waals surface area contributed by atoms with Gasteiger partial charge in [0.1, 0.15) is 5.82 Å². The summed E-state index contributed by atoms with van der Waals surface area (Å²) in [7, 11) is -2.93. The highest BCUT2D eigenvalue weighted by Gasteiger charge is 2.14. The first-order valence-electron chi connectivity index (χ1n) is 8.14. The van der Waals surface area contributed by atoms with E-state index in [1.54, 1.807) is 6.92 Å². The van der Waals surface area contributed by atoms with Crippen LogP contribution in [-0.4, -0.2) is 44.0 Å². The van der Waals surface area contributed by atoms with Crippen molar-refractivity contribution in [2.24, 2.45) is 0 Å². The van der Waals surface area contributed by atoms with Crippen LogP contribution in [0.3, 0.4) is 0 Å². The summed E-state index contributed by atoms with van der Waals surface area (Å²) in [5, 5.41) is 3.29. The molecule has 22 heavy (non-hydrogen) atoms. The highest BCUT2D eigenvalue weighted by molar-refractivity contribution is 7.91. The molecule has 0 radical (unpaired) electrons. The highest BCUT2D eigenvalue weighted by atomic mass is 32.2. The van der Waals surface area contributed by atoms with E-state index in [-0.39, 0.29) is 17.5 Å². The Morgan fingerprint density at radius 2 is 2.05 bits per heavy atom. The zero-order valence-corrected chi connectivity index (χ0v) is 14.4. The Morgan fingerprint density at radius 1 is 1.32 bits per heavy atom. The van der Waals surface area contributed by atoms with Crippen molar-refractivity contribution in [3.8, 4) is 0 Å². The van der Waals surface area contributed by atoms with Crippen molar-refractivity contribution >= 4 is 15.7 Å². The van der Waals surface area contributed by atoms with E-state index in [1.807, 2.05) is 19.2 Å². The summed E-state index contributed by atoms with van der Waals surface area (Å²) in [6, 6.07) is 4.05. The Balaban J connectivity index is 1.90. The Bertz CT molecular complexity index is 569. The van der Waals surface area contributed by atoms with Crippen molar-refractivity contribution < 1.29 is 8.42 Å². The number of nitrogens with zero attached hydrogens (tertiary/aromatic N) is 2. The lowest BCUT2D eigenvalue weighted by Gasteiger charge is -2.28. The van der Waals surface area contributed by atoms with Crippen LogP contribution in [-0.2, 0) is 16.4 Å². The third-order valence-electron chi connectivity index (χ3n) is 4.09. The maximum Gasteiger partial charge on any atom is 0.151 e. The zero-order chi connectivity index (χ0) is 16.0. The van der Waals surface area contributed by atoms with Crippen molar-refractivity contribution in [1.29, 1.82) is 0 Å². The second kappa shape index (κ2) is 7.92. The number of sulfone groups is 1. The molecule has 0 bridgehead atoms. The summed E-state index contributed by atoms with van der Waals surface area (Å²) in [5.74, 6) is 1.42. The standard InChI is InChI=1S/C16H27N3O2S/c1-3-22(20,21)13-14(2)18-12-15-7-8-17-16(11-15)19-9-5-4-6-10-19/h7-8,11,14,18H,3-6,9-10,12-13H2,1-2H3/t14-/m1/s1. The summed E-state index contributed by atoms with van der Waals surface area (Å²) in [5.41, 5.74) is 1.15. The normalized spacial score (nSPS) is 17.5. The molecule has 1 aliphatic heterocycles. The third-order valence-corrected chi connectivity index (χ3v) is 5.98. The van der Waals surface area contributed by atoms with Crippen LogP contribution in [0.5, 0.6) is 0 Å². The molecule has 1 fully saturated rings. The minimum atomic E-state index is -2.93. The first-order valence-corrected chi connectivity index (χ1v) is 9.96. The number of piperidine rings is 1. The van der Waals surface area contributed by atoms with E-state index in [0.717, 1.165) is 24.5 Å². The Labute approximate surface area is 134 Å². The van der Waals surface area contributed by atoms with Crippen LogP contribution >= 0.6 is 0 Å². The molecule has 2 rings (SSSR count). The predicted molar refractivity (Wildman–Crippen MR) is 90.9 cm³/mol. The van der Waals surface area contributed by atoms with Gasteiger partial charge in [-0.05, 0) is 43.9 Å². The van der Waals surface area contributed by atoms with Gasteiger partial charge in [-0.25, -0.2) is 13.4 Å². The fourth-order valence-electron chi connectivity index (χ4n) is 2.72. The largest absolute Gasteiger partial charge is 0.357 e. The summed E-state index contributed by atoms with van der Waals surface area (Å²) in [6.45, 7) is 6.43. The van der Waals surface area contributed by atoms with Gasteiger partial charge in [-0.15, -0.1) is 0 Å². The second-order valence-corrected chi connectivity index (χ2v) is 8.45. The van der Waals surface area contributed by atoms with Gasteiger partial charge in [0, 0.05) is 37.6 Å². The molecular formula is C16H27N3O2S. The van der Waals surface area contributed by atoms with E-state index >= 15 is 0 Å². The molecule has 1 saturated heterocycles. The van der Waals surface area contributed by atoms with Crippen LogP contribution in [0.4, 0.5) is 5.82 Å². The summed E-state index contributed by atoms with van der Waals surface area (Å²) < 4.78 is 23.3. The number of hydrogen-bond donors (Lipinski definition) is 1. The summed E-state index contributed by atoms with van der Waals surface area (Å²) in [4.78, 5) is 6.80. The van der Waals surface area contributed by atoms with Crippen molar-refractivity contribution in [2.45, 2.75) is 45.7 Å². The van der Waals surface area contributed by atoms with Gasteiger partial charge in [0.2, 0.25) is 0 Å². The van der Waals surface area contributed by atoms with Gasteiger partial charge in [-0.3, -0.25) is 0 Å². The summed E-state index contributed by atoms with van der Waals surface area (Å²) >= 11 is 0. The quantitative estimate of drug-likeness (QED) is 0.830. The molecule has 0 amide bonds. The topological polar surface area (TPSA) is 62.3 Å². The molecule has 6 heteroatoms. The fraction of sp³-hybridized carbons (Fsp3) is 0.688. The van der Waals surface area contributed by atoms with Gasteiger partial charge in [0.05, 0.1) is 5.75 Å². The van der Waals surface area contributed by atoms with E-state index in [2.05, 4.69) is 21.3 Å². The van der Waals surface area contributed by atoms with Gasteiger partial charge in [-0.2, -0.15) is 0 Å². The third kappa shape index (κ3) is 5.25. The number of hydrogen-bond acceptors (Lipinski definition) is 5. The second-order valence-electron chi connectivity index (χ2n) is 6.05. The molecule has 0 unspecified atom stereocenters. The minimum absolute atomic E-state index is 0.0449. The monoisotopic (exact) mass is 325 g/mol. The van der Waals surface area contributed by atoms with Gasteiger partial charge in [0.15, 0.2) is 9.84 Å². The van der Waals surface area contributed by atoms with E-state index in [0.29, 0.717) is 6.54 Å². The number of nitrogens with one attached hydrogen (secondary N) is 1. The Hall–Kier alpha value is -1.14. The molecular weight excluding hydrogens is 298 g/mol. The molecule has 1 atom stereocenters. The van der Waals surface area contributed by atoms with Crippen molar-refractivity contribution in [1.82, 2.24) is 10.3 Å².